The molecule has 0 aromatic rings. The van der Waals surface area contributed by atoms with Crippen LogP contribution in [0.5, 0.6) is 0 Å². The van der Waals surface area contributed by atoms with Gasteiger partial charge in [0.25, 0.3) is 0 Å². The van der Waals surface area contributed by atoms with E-state index in [1.54, 1.807) is 0 Å². The van der Waals surface area contributed by atoms with Gasteiger partial charge in [-0.1, -0.05) is 18.2 Å². The summed E-state index contributed by atoms with van der Waals surface area (Å²) in [4.78, 5) is 0. The maximum atomic E-state index is 3.79. The van der Waals surface area contributed by atoms with Crippen LogP contribution in [0.2, 0.25) is 0 Å². The number of hydrogen-bond donors (Lipinski definition) is 1. The van der Waals surface area contributed by atoms with Crippen LogP contribution < -0.4 is 5.32 Å². The summed E-state index contributed by atoms with van der Waals surface area (Å²) >= 11 is 0. The third-order valence-electron chi connectivity index (χ3n) is 2.54. The Morgan fingerprint density at radius 2 is 2.17 bits per heavy atom. The Bertz CT molecular complexity index is 172. The van der Waals surface area contributed by atoms with Crippen molar-refractivity contribution in [1.82, 2.24) is 5.32 Å². The largest absolute Gasteiger partial charge is 0.308 e. The summed E-state index contributed by atoms with van der Waals surface area (Å²) in [5.41, 5.74) is 0. The zero-order valence-electron chi connectivity index (χ0n) is 8.09. The van der Waals surface area contributed by atoms with Gasteiger partial charge in [-0.2, -0.15) is 0 Å². The summed E-state index contributed by atoms with van der Waals surface area (Å²) in [6.45, 7) is 8.12. The first-order valence-corrected chi connectivity index (χ1v) is 4.77. The highest BCUT2D eigenvalue weighted by Gasteiger charge is 2.36. The Morgan fingerprint density at radius 1 is 1.50 bits per heavy atom. The average molecular weight is 165 g/mol. The van der Waals surface area contributed by atoms with Gasteiger partial charge in [0.2, 0.25) is 0 Å². The second-order valence-corrected chi connectivity index (χ2v) is 3.57. The van der Waals surface area contributed by atoms with E-state index < -0.39 is 0 Å². The van der Waals surface area contributed by atoms with Crippen LogP contribution in [0.25, 0.3) is 0 Å². The van der Waals surface area contributed by atoms with Gasteiger partial charge in [0.05, 0.1) is 0 Å². The summed E-state index contributed by atoms with van der Waals surface area (Å²) in [5, 5.41) is 3.44. The number of allylic oxidation sites excluding steroid dienone is 3. The molecule has 1 aliphatic rings. The van der Waals surface area contributed by atoms with Crippen LogP contribution in [0.1, 0.15) is 26.7 Å². The van der Waals surface area contributed by atoms with E-state index in [4.69, 9.17) is 0 Å². The first-order valence-electron chi connectivity index (χ1n) is 4.77. The van der Waals surface area contributed by atoms with Crippen LogP contribution >= 0.6 is 0 Å². The molecule has 12 heavy (non-hydrogen) atoms. The van der Waals surface area contributed by atoms with Crippen molar-refractivity contribution in [3.63, 3.8) is 0 Å². The van der Waals surface area contributed by atoms with Gasteiger partial charge in [0, 0.05) is 12.1 Å². The second kappa shape index (κ2) is 4.46. The molecule has 0 spiro atoms. The van der Waals surface area contributed by atoms with Gasteiger partial charge in [0.1, 0.15) is 0 Å². The molecule has 1 nitrogen and oxygen atoms in total. The molecule has 0 radical (unpaired) electrons. The van der Waals surface area contributed by atoms with E-state index >= 15 is 0 Å². The first kappa shape index (κ1) is 9.53. The molecule has 1 fully saturated rings. The minimum Gasteiger partial charge on any atom is -0.308 e. The topological polar surface area (TPSA) is 21.9 Å². The summed E-state index contributed by atoms with van der Waals surface area (Å²) in [7, 11) is 0. The maximum Gasteiger partial charge on any atom is 0.0255 e. The maximum absolute atomic E-state index is 3.79. The van der Waals surface area contributed by atoms with E-state index in [-0.39, 0.29) is 0 Å². The summed E-state index contributed by atoms with van der Waals surface area (Å²) < 4.78 is 0. The number of rotatable bonds is 5. The van der Waals surface area contributed by atoms with E-state index in [1.165, 1.54) is 6.42 Å². The zero-order valence-corrected chi connectivity index (χ0v) is 8.09. The van der Waals surface area contributed by atoms with Gasteiger partial charge in [-0.25, -0.2) is 0 Å². The molecule has 0 saturated carbocycles. The van der Waals surface area contributed by atoms with Crippen molar-refractivity contribution in [2.45, 2.75) is 38.8 Å². The molecule has 1 rings (SSSR count). The molecule has 0 aromatic heterocycles. The van der Waals surface area contributed by atoms with Crippen LogP contribution in [0.3, 0.4) is 0 Å². The predicted molar refractivity (Wildman–Crippen MR) is 54.1 cm³/mol. The predicted octanol–water partition coefficient (Wildman–Crippen LogP) is 2.51. The standard InChI is InChI=1S/C11H19N/c1-4-6-8-10(7-5-2)11-9(3)12-11/h4-6,9-12H,2,7-8H2,1,3H3/b6-4-. The fraction of sp³-hybridized carbons (Fsp3) is 0.636. The molecule has 3 unspecified atom stereocenters. The van der Waals surface area contributed by atoms with Crippen molar-refractivity contribution >= 4 is 0 Å². The minimum atomic E-state index is 0.722. The van der Waals surface area contributed by atoms with Crippen LogP contribution in [-0.4, -0.2) is 12.1 Å². The van der Waals surface area contributed by atoms with E-state index in [9.17, 15) is 0 Å². The van der Waals surface area contributed by atoms with Gasteiger partial charge < -0.3 is 5.32 Å². The van der Waals surface area contributed by atoms with E-state index in [1.807, 2.05) is 6.08 Å². The highest BCUT2D eigenvalue weighted by atomic mass is 15.1. The van der Waals surface area contributed by atoms with Crippen molar-refractivity contribution < 1.29 is 0 Å². The highest BCUT2D eigenvalue weighted by Crippen LogP contribution is 2.26. The monoisotopic (exact) mass is 165 g/mol. The molecular weight excluding hydrogens is 146 g/mol. The average Bonchev–Trinajstić information content (AvgIpc) is 2.76. The van der Waals surface area contributed by atoms with Crippen molar-refractivity contribution in [3.8, 4) is 0 Å². The normalized spacial score (nSPS) is 30.5. The van der Waals surface area contributed by atoms with E-state index in [2.05, 4.69) is 37.9 Å². The lowest BCUT2D eigenvalue weighted by atomic mass is 9.95. The fourth-order valence-electron chi connectivity index (χ4n) is 1.71. The molecule has 1 aliphatic heterocycles. The Morgan fingerprint density at radius 3 is 2.58 bits per heavy atom. The van der Waals surface area contributed by atoms with E-state index in [0.717, 1.165) is 24.4 Å². The SMILES string of the molecule is C=CCC(C/C=C\C)C1NC1C. The molecule has 1 heteroatoms. The molecule has 0 aromatic carbocycles. The first-order chi connectivity index (χ1) is 5.79. The minimum absolute atomic E-state index is 0.722. The lowest BCUT2D eigenvalue weighted by Crippen LogP contribution is -2.09. The zero-order chi connectivity index (χ0) is 8.97. The Hall–Kier alpha value is -0.560. The Balaban J connectivity index is 2.33. The van der Waals surface area contributed by atoms with Gasteiger partial charge in [-0.15, -0.1) is 6.58 Å². The summed E-state index contributed by atoms with van der Waals surface area (Å²) in [5.74, 6) is 0.758. The molecule has 0 aliphatic carbocycles. The molecule has 0 amide bonds. The van der Waals surface area contributed by atoms with Crippen LogP contribution in [0.15, 0.2) is 24.8 Å². The Labute approximate surface area is 75.6 Å². The van der Waals surface area contributed by atoms with Gasteiger partial charge in [0.15, 0.2) is 0 Å². The lowest BCUT2D eigenvalue weighted by Gasteiger charge is -2.09. The molecule has 1 heterocycles. The van der Waals surface area contributed by atoms with Crippen molar-refractivity contribution in [3.05, 3.63) is 24.8 Å². The third-order valence-corrected chi connectivity index (χ3v) is 2.54. The second-order valence-electron chi connectivity index (χ2n) is 3.57. The van der Waals surface area contributed by atoms with Crippen molar-refractivity contribution in [2.75, 3.05) is 0 Å². The van der Waals surface area contributed by atoms with Gasteiger partial charge in [-0.3, -0.25) is 0 Å². The molecule has 1 N–H and O–H groups in total. The van der Waals surface area contributed by atoms with Gasteiger partial charge >= 0.3 is 0 Å². The summed E-state index contributed by atoms with van der Waals surface area (Å²) in [6.07, 6.45) is 8.72. The Kier molecular flexibility index (Phi) is 3.54. The number of hydrogen-bond acceptors (Lipinski definition) is 1. The van der Waals surface area contributed by atoms with Crippen LogP contribution in [0, 0.1) is 5.92 Å². The van der Waals surface area contributed by atoms with E-state index in [0.29, 0.717) is 0 Å². The summed E-state index contributed by atoms with van der Waals surface area (Å²) in [6, 6.07) is 1.46. The number of nitrogens with one attached hydrogen (secondary N) is 1. The fourth-order valence-corrected chi connectivity index (χ4v) is 1.71. The quantitative estimate of drug-likeness (QED) is 0.490. The van der Waals surface area contributed by atoms with Crippen molar-refractivity contribution in [2.24, 2.45) is 5.92 Å². The lowest BCUT2D eigenvalue weighted by molar-refractivity contribution is 0.521. The van der Waals surface area contributed by atoms with Crippen LogP contribution in [0.4, 0.5) is 0 Å². The van der Waals surface area contributed by atoms with Gasteiger partial charge in [-0.05, 0) is 32.6 Å². The molecule has 0 bridgehead atoms. The molecule has 3 atom stereocenters. The molecular formula is C11H19N. The highest BCUT2D eigenvalue weighted by molar-refractivity contribution is 5.02. The van der Waals surface area contributed by atoms with Crippen LogP contribution in [-0.2, 0) is 0 Å². The molecule has 68 valence electrons. The third kappa shape index (κ3) is 2.49. The van der Waals surface area contributed by atoms with Crippen molar-refractivity contribution in [1.29, 1.82) is 0 Å². The smallest absolute Gasteiger partial charge is 0.0255 e. The molecule has 1 saturated heterocycles.